The minimum atomic E-state index is -1.33. The van der Waals surface area contributed by atoms with Crippen molar-refractivity contribution in [3.05, 3.63) is 11.6 Å². The molecule has 2 aromatic rings. The molecule has 0 saturated heterocycles. The van der Waals surface area contributed by atoms with Gasteiger partial charge in [0.1, 0.15) is 16.9 Å². The second-order valence-corrected chi connectivity index (χ2v) is 8.04. The van der Waals surface area contributed by atoms with Gasteiger partial charge >= 0.3 is 6.09 Å². The Kier molecular flexibility index (Phi) is 4.89. The number of methoxy groups -OCH3 is 1. The Bertz CT molecular complexity index is 957. The van der Waals surface area contributed by atoms with E-state index < -0.39 is 11.7 Å². The largest absolute Gasteiger partial charge is 0.465 e. The summed E-state index contributed by atoms with van der Waals surface area (Å²) in [6.45, 7) is 2.12. The fourth-order valence-electron chi connectivity index (χ4n) is 4.18. The maximum atomic E-state index is 11.0. The molecule has 2 aromatic heterocycles. The van der Waals surface area contributed by atoms with Gasteiger partial charge in [-0.3, -0.25) is 10.7 Å². The van der Waals surface area contributed by atoms with Crippen molar-refractivity contribution in [3.8, 4) is 0 Å². The smallest absolute Gasteiger partial charge is 0.410 e. The number of nitrogens with one attached hydrogen (secondary N) is 3. The summed E-state index contributed by atoms with van der Waals surface area (Å²) >= 11 is 0. The zero-order valence-electron chi connectivity index (χ0n) is 16.9. The molecule has 2 fully saturated rings. The number of imidazole rings is 1. The number of hydrogen-bond acceptors (Lipinski definition) is 7. The molecule has 4 rings (SSSR count). The van der Waals surface area contributed by atoms with E-state index in [1.807, 2.05) is 16.9 Å². The van der Waals surface area contributed by atoms with Crippen molar-refractivity contribution in [3.63, 3.8) is 0 Å². The lowest BCUT2D eigenvalue weighted by molar-refractivity contribution is -0.0861. The van der Waals surface area contributed by atoms with Crippen LogP contribution in [0.25, 0.3) is 11.2 Å². The van der Waals surface area contributed by atoms with Crippen molar-refractivity contribution in [2.45, 2.75) is 57.1 Å². The lowest BCUT2D eigenvalue weighted by Crippen LogP contribution is -2.38. The second-order valence-electron chi connectivity index (χ2n) is 8.04. The Balaban J connectivity index is 1.80. The van der Waals surface area contributed by atoms with Gasteiger partial charge in [-0.2, -0.15) is 0 Å². The van der Waals surface area contributed by atoms with Crippen LogP contribution in [0.4, 0.5) is 10.6 Å². The van der Waals surface area contributed by atoms with Gasteiger partial charge in [0.15, 0.2) is 23.1 Å². The molecule has 0 spiro atoms. The van der Waals surface area contributed by atoms with Crippen molar-refractivity contribution < 1.29 is 14.6 Å². The number of rotatable bonds is 6. The minimum Gasteiger partial charge on any atom is -0.465 e. The highest BCUT2D eigenvalue weighted by molar-refractivity contribution is 6.03. The number of carboxylic acid groups (broad SMARTS) is 1. The number of amidine groups is 1. The molecule has 1 atom stereocenters. The molecule has 10 heteroatoms. The van der Waals surface area contributed by atoms with Crippen LogP contribution in [-0.2, 0) is 17.4 Å². The Labute approximate surface area is 168 Å². The maximum Gasteiger partial charge on any atom is 0.410 e. The number of nitrogens with zero attached hydrogens (tertiary/aromatic N) is 4. The van der Waals surface area contributed by atoms with Gasteiger partial charge in [0, 0.05) is 20.2 Å². The molecule has 0 aliphatic heterocycles. The summed E-state index contributed by atoms with van der Waals surface area (Å²) < 4.78 is 7.77. The molecule has 2 aliphatic carbocycles. The number of anilines is 1. The van der Waals surface area contributed by atoms with Gasteiger partial charge < -0.3 is 19.7 Å². The summed E-state index contributed by atoms with van der Waals surface area (Å²) in [5.41, 5.74) is 0.733. The van der Waals surface area contributed by atoms with Gasteiger partial charge in [0.2, 0.25) is 0 Å². The average Bonchev–Trinajstić information content (AvgIpc) is 2.89. The molecule has 0 bridgehead atoms. The predicted molar refractivity (Wildman–Crippen MR) is 107 cm³/mol. The average molecular weight is 401 g/mol. The van der Waals surface area contributed by atoms with E-state index in [4.69, 9.17) is 20.2 Å². The van der Waals surface area contributed by atoms with E-state index in [1.165, 1.54) is 19.3 Å². The first kappa shape index (κ1) is 19.6. The SMILES string of the molecule is COC1(c2nc3nc(C(=N)NC(=O)O)nc(N[C@H](C)C4CCC4)c3n2C)CCC1. The Hall–Kier alpha value is -2.75. The van der Waals surface area contributed by atoms with Gasteiger partial charge in [-0.25, -0.2) is 19.7 Å². The first-order valence-corrected chi connectivity index (χ1v) is 10.00. The van der Waals surface area contributed by atoms with Crippen molar-refractivity contribution in [1.29, 1.82) is 5.41 Å². The quantitative estimate of drug-likeness (QED) is 0.431. The number of hydrogen-bond donors (Lipinski definition) is 4. The van der Waals surface area contributed by atoms with E-state index in [-0.39, 0.29) is 17.7 Å². The summed E-state index contributed by atoms with van der Waals surface area (Å²) in [6.07, 6.45) is 5.11. The Morgan fingerprint density at radius 1 is 1.31 bits per heavy atom. The third-order valence-electron chi connectivity index (χ3n) is 6.37. The molecule has 156 valence electrons. The number of carbonyl (C=O) groups is 1. The Morgan fingerprint density at radius 2 is 2.03 bits per heavy atom. The van der Waals surface area contributed by atoms with E-state index in [1.54, 1.807) is 7.11 Å². The van der Waals surface area contributed by atoms with Gasteiger partial charge in [-0.1, -0.05) is 6.42 Å². The van der Waals surface area contributed by atoms with Crippen LogP contribution in [0.5, 0.6) is 0 Å². The first-order chi connectivity index (χ1) is 13.8. The normalized spacial score (nSPS) is 19.3. The summed E-state index contributed by atoms with van der Waals surface area (Å²) in [7, 11) is 3.62. The molecule has 0 aromatic carbocycles. The van der Waals surface area contributed by atoms with Gasteiger partial charge in [-0.15, -0.1) is 0 Å². The zero-order valence-corrected chi connectivity index (χ0v) is 16.9. The molecule has 0 radical (unpaired) electrons. The van der Waals surface area contributed by atoms with Crippen LogP contribution in [0.15, 0.2) is 0 Å². The molecule has 29 heavy (non-hydrogen) atoms. The molecule has 0 unspecified atom stereocenters. The third kappa shape index (κ3) is 3.31. The van der Waals surface area contributed by atoms with Crippen LogP contribution in [0.3, 0.4) is 0 Å². The van der Waals surface area contributed by atoms with Crippen molar-refractivity contribution in [2.75, 3.05) is 12.4 Å². The fraction of sp³-hybridized carbons (Fsp3) is 0.632. The molecular formula is C19H27N7O3. The molecule has 1 amide bonds. The van der Waals surface area contributed by atoms with E-state index >= 15 is 0 Å². The van der Waals surface area contributed by atoms with Crippen molar-refractivity contribution >= 4 is 28.9 Å². The van der Waals surface area contributed by atoms with E-state index in [0.717, 1.165) is 30.6 Å². The lowest BCUT2D eigenvalue weighted by Gasteiger charge is -2.39. The summed E-state index contributed by atoms with van der Waals surface area (Å²) in [5.74, 6) is 1.53. The van der Waals surface area contributed by atoms with Gasteiger partial charge in [-0.05, 0) is 44.9 Å². The van der Waals surface area contributed by atoms with Crippen molar-refractivity contribution in [1.82, 2.24) is 24.8 Å². The van der Waals surface area contributed by atoms with Gasteiger partial charge in [0.05, 0.1) is 0 Å². The standard InChI is InChI=1S/C19H27N7O3/c1-10(11-6-4-7-11)21-14-12-15(24-16(23-14)13(20)22-18(27)28)25-17(26(12)2)19(29-3)8-5-9-19/h10-11H,4-9H2,1-3H3,(H2,20,22)(H,27,28)(H,21,23,24)/t10-/m1/s1. The zero-order chi connectivity index (χ0) is 20.8. The molecule has 2 aliphatic rings. The molecule has 2 saturated carbocycles. The van der Waals surface area contributed by atoms with Crippen LogP contribution in [-0.4, -0.2) is 49.7 Å². The predicted octanol–water partition coefficient (Wildman–Crippen LogP) is 2.58. The fourth-order valence-corrected chi connectivity index (χ4v) is 4.18. The molecule has 2 heterocycles. The summed E-state index contributed by atoms with van der Waals surface area (Å²) in [6, 6.07) is 0.203. The minimum absolute atomic E-state index is 0.00654. The van der Waals surface area contributed by atoms with Crippen LogP contribution in [0.2, 0.25) is 0 Å². The highest BCUT2D eigenvalue weighted by atomic mass is 16.5. The number of fused-ring (bicyclic) bond motifs is 1. The van der Waals surface area contributed by atoms with E-state index in [0.29, 0.717) is 17.4 Å². The van der Waals surface area contributed by atoms with E-state index in [9.17, 15) is 4.79 Å². The van der Waals surface area contributed by atoms with Crippen LogP contribution in [0.1, 0.15) is 57.1 Å². The Morgan fingerprint density at radius 3 is 2.55 bits per heavy atom. The molecule has 4 N–H and O–H groups in total. The van der Waals surface area contributed by atoms with Crippen LogP contribution < -0.4 is 10.6 Å². The van der Waals surface area contributed by atoms with Crippen LogP contribution >= 0.6 is 0 Å². The second kappa shape index (κ2) is 7.25. The van der Waals surface area contributed by atoms with Crippen molar-refractivity contribution in [2.24, 2.45) is 13.0 Å². The van der Waals surface area contributed by atoms with Crippen LogP contribution in [0, 0.1) is 11.3 Å². The first-order valence-electron chi connectivity index (χ1n) is 10.00. The third-order valence-corrected chi connectivity index (χ3v) is 6.37. The topological polar surface area (TPSA) is 138 Å². The molecule has 10 nitrogen and oxygen atoms in total. The summed E-state index contributed by atoms with van der Waals surface area (Å²) in [4.78, 5) is 24.5. The highest BCUT2D eigenvalue weighted by Gasteiger charge is 2.43. The van der Waals surface area contributed by atoms with E-state index in [2.05, 4.69) is 22.2 Å². The number of amides is 1. The molecular weight excluding hydrogens is 374 g/mol. The lowest BCUT2D eigenvalue weighted by atomic mass is 9.79. The highest BCUT2D eigenvalue weighted by Crippen LogP contribution is 2.44. The van der Waals surface area contributed by atoms with Gasteiger partial charge in [0.25, 0.3) is 0 Å². The number of aromatic nitrogens is 4. The number of aryl methyl sites for hydroxylation is 1. The maximum absolute atomic E-state index is 11.0. The monoisotopic (exact) mass is 401 g/mol. The number of ether oxygens (including phenoxy) is 1. The summed E-state index contributed by atoms with van der Waals surface area (Å²) in [5, 5.41) is 22.5.